The molecule has 1 atom stereocenters. The molecule has 1 aliphatic rings. The van der Waals surface area contributed by atoms with Crippen LogP contribution in [0.4, 0.5) is 0 Å². The van der Waals surface area contributed by atoms with Crippen molar-refractivity contribution in [2.45, 2.75) is 71.2 Å². The van der Waals surface area contributed by atoms with Crippen LogP contribution in [-0.4, -0.2) is 30.4 Å². The SMILES string of the molecule is CC[Si](CC)(CC)C1=C(c2ccccc2)c2nc3ccccc3cc2C(C(=O)OC(C)(C)C)C1=O. The lowest BCUT2D eigenvalue weighted by atomic mass is 9.81. The molecule has 0 amide bonds. The van der Waals surface area contributed by atoms with Crippen molar-refractivity contribution in [1.82, 2.24) is 4.98 Å². The maximum absolute atomic E-state index is 14.5. The van der Waals surface area contributed by atoms with Crippen LogP contribution in [-0.2, 0) is 14.3 Å². The van der Waals surface area contributed by atoms with Gasteiger partial charge in [0.1, 0.15) is 11.5 Å². The second-order valence-electron chi connectivity index (χ2n) is 10.4. The topological polar surface area (TPSA) is 56.3 Å². The van der Waals surface area contributed by atoms with Crippen molar-refractivity contribution in [2.24, 2.45) is 0 Å². The fourth-order valence-electron chi connectivity index (χ4n) is 5.37. The summed E-state index contributed by atoms with van der Waals surface area (Å²) in [4.78, 5) is 33.2. The van der Waals surface area contributed by atoms with Crippen molar-refractivity contribution in [1.29, 1.82) is 0 Å². The number of pyridine rings is 1. The number of carbonyl (C=O) groups excluding carboxylic acids is 2. The summed E-state index contributed by atoms with van der Waals surface area (Å²) < 4.78 is 5.82. The van der Waals surface area contributed by atoms with E-state index in [9.17, 15) is 9.59 Å². The van der Waals surface area contributed by atoms with Gasteiger partial charge >= 0.3 is 5.97 Å². The van der Waals surface area contributed by atoms with Crippen LogP contribution >= 0.6 is 0 Å². The van der Waals surface area contributed by atoms with E-state index in [1.807, 2.05) is 69.3 Å². The molecule has 0 saturated heterocycles. The van der Waals surface area contributed by atoms with Crippen molar-refractivity contribution in [2.75, 3.05) is 0 Å². The van der Waals surface area contributed by atoms with E-state index < -0.39 is 25.6 Å². The Morgan fingerprint density at radius 2 is 1.54 bits per heavy atom. The van der Waals surface area contributed by atoms with Gasteiger partial charge in [-0.1, -0.05) is 87.4 Å². The molecule has 4 nitrogen and oxygen atoms in total. The van der Waals surface area contributed by atoms with Gasteiger partial charge in [0, 0.05) is 16.5 Å². The van der Waals surface area contributed by atoms with E-state index in [0.29, 0.717) is 5.56 Å². The number of Topliss-reactive ketones (excluding diaryl/α,β-unsaturated/α-hetero) is 1. The minimum Gasteiger partial charge on any atom is -0.459 e. The average Bonchev–Trinajstić information content (AvgIpc) is 2.84. The van der Waals surface area contributed by atoms with Gasteiger partial charge in [0.25, 0.3) is 0 Å². The standard InChI is InChI=1S/C30H35NO3Si/c1-7-35(8-2,9-3)28-24(20-15-11-10-12-16-20)26-22(19-21-17-13-14-18-23(21)31-26)25(27(28)32)29(33)34-30(4,5)6/h10-19,25H,7-9H2,1-6H3. The molecule has 182 valence electrons. The zero-order valence-corrected chi connectivity index (χ0v) is 22.6. The Hall–Kier alpha value is -3.05. The van der Waals surface area contributed by atoms with Gasteiger partial charge in [-0.2, -0.15) is 0 Å². The first kappa shape index (κ1) is 25.1. The van der Waals surface area contributed by atoms with Gasteiger partial charge in [0.15, 0.2) is 5.78 Å². The number of carbonyl (C=O) groups is 2. The molecule has 3 aromatic rings. The maximum Gasteiger partial charge on any atom is 0.321 e. The normalized spacial score (nSPS) is 16.4. The Labute approximate surface area is 209 Å². The molecule has 0 spiro atoms. The van der Waals surface area contributed by atoms with Gasteiger partial charge in [-0.25, -0.2) is 4.98 Å². The third-order valence-corrected chi connectivity index (χ3v) is 12.9. The van der Waals surface area contributed by atoms with E-state index in [0.717, 1.165) is 51.1 Å². The van der Waals surface area contributed by atoms with Gasteiger partial charge in [0.2, 0.25) is 0 Å². The number of hydrogen-bond donors (Lipinski definition) is 0. The summed E-state index contributed by atoms with van der Waals surface area (Å²) in [6.45, 7) is 12.1. The molecule has 4 rings (SSSR count). The Morgan fingerprint density at radius 1 is 0.943 bits per heavy atom. The molecule has 1 aromatic heterocycles. The zero-order chi connectivity index (χ0) is 25.4. The first-order valence-corrected chi connectivity index (χ1v) is 15.2. The number of nitrogens with zero attached hydrogens (tertiary/aromatic N) is 1. The largest absolute Gasteiger partial charge is 0.459 e. The van der Waals surface area contributed by atoms with Gasteiger partial charge in [-0.3, -0.25) is 9.59 Å². The number of aromatic nitrogens is 1. The summed E-state index contributed by atoms with van der Waals surface area (Å²) in [5, 5.41) is 1.76. The molecule has 2 aromatic carbocycles. The number of fused-ring (bicyclic) bond motifs is 2. The van der Waals surface area contributed by atoms with E-state index in [1.165, 1.54) is 0 Å². The molecule has 0 saturated carbocycles. The molecule has 0 N–H and O–H groups in total. The molecule has 0 radical (unpaired) electrons. The summed E-state index contributed by atoms with van der Waals surface area (Å²) in [6, 6.07) is 22.7. The van der Waals surface area contributed by atoms with Crippen LogP contribution in [0.5, 0.6) is 0 Å². The summed E-state index contributed by atoms with van der Waals surface area (Å²) in [5.41, 5.74) is 3.45. The van der Waals surface area contributed by atoms with Crippen LogP contribution < -0.4 is 0 Å². The molecular weight excluding hydrogens is 450 g/mol. The molecule has 1 aliphatic carbocycles. The van der Waals surface area contributed by atoms with Crippen LogP contribution in [0.25, 0.3) is 16.5 Å². The molecule has 1 heterocycles. The summed E-state index contributed by atoms with van der Waals surface area (Å²) >= 11 is 0. The number of benzene rings is 2. The molecular formula is C30H35NO3Si. The van der Waals surface area contributed by atoms with E-state index in [-0.39, 0.29) is 5.78 Å². The van der Waals surface area contributed by atoms with E-state index in [4.69, 9.17) is 9.72 Å². The van der Waals surface area contributed by atoms with Gasteiger partial charge < -0.3 is 4.74 Å². The molecule has 35 heavy (non-hydrogen) atoms. The minimum absolute atomic E-state index is 0.0973. The summed E-state index contributed by atoms with van der Waals surface area (Å²) in [6.07, 6.45) is 0. The Balaban J connectivity index is 2.13. The third kappa shape index (κ3) is 4.50. The first-order chi connectivity index (χ1) is 16.7. The van der Waals surface area contributed by atoms with Gasteiger partial charge in [-0.05, 0) is 43.7 Å². The predicted molar refractivity (Wildman–Crippen MR) is 145 cm³/mol. The van der Waals surface area contributed by atoms with Crippen molar-refractivity contribution >= 4 is 36.3 Å². The lowest BCUT2D eigenvalue weighted by Crippen LogP contribution is -2.45. The highest BCUT2D eigenvalue weighted by molar-refractivity contribution is 6.91. The maximum atomic E-state index is 14.5. The highest BCUT2D eigenvalue weighted by Gasteiger charge is 2.48. The number of ketones is 1. The molecule has 1 unspecified atom stereocenters. The first-order valence-electron chi connectivity index (χ1n) is 12.6. The number of para-hydroxylation sites is 1. The van der Waals surface area contributed by atoms with Crippen molar-refractivity contribution in [3.8, 4) is 0 Å². The van der Waals surface area contributed by atoms with Crippen molar-refractivity contribution in [3.63, 3.8) is 0 Å². The van der Waals surface area contributed by atoms with Gasteiger partial charge in [0.05, 0.1) is 19.3 Å². The molecule has 5 heteroatoms. The lowest BCUT2D eigenvalue weighted by molar-refractivity contribution is -0.158. The molecule has 0 fully saturated rings. The van der Waals surface area contributed by atoms with Crippen LogP contribution in [0.1, 0.15) is 64.3 Å². The molecule has 0 aliphatic heterocycles. The highest BCUT2D eigenvalue weighted by atomic mass is 28.3. The van der Waals surface area contributed by atoms with Crippen LogP contribution in [0.2, 0.25) is 18.1 Å². The van der Waals surface area contributed by atoms with Gasteiger partial charge in [-0.15, -0.1) is 0 Å². The Kier molecular flexibility index (Phi) is 6.83. The van der Waals surface area contributed by atoms with E-state index in [2.05, 4.69) is 32.9 Å². The number of hydrogen-bond acceptors (Lipinski definition) is 4. The predicted octanol–water partition coefficient (Wildman–Crippen LogP) is 7.09. The van der Waals surface area contributed by atoms with Crippen LogP contribution in [0, 0.1) is 0 Å². The lowest BCUT2D eigenvalue weighted by Gasteiger charge is -2.38. The smallest absolute Gasteiger partial charge is 0.321 e. The van der Waals surface area contributed by atoms with E-state index >= 15 is 0 Å². The second kappa shape index (κ2) is 9.54. The fraction of sp³-hybridized carbons (Fsp3) is 0.367. The number of rotatable bonds is 6. The Bertz CT molecular complexity index is 1290. The second-order valence-corrected chi connectivity index (χ2v) is 15.6. The molecule has 0 bridgehead atoms. The zero-order valence-electron chi connectivity index (χ0n) is 21.6. The summed E-state index contributed by atoms with van der Waals surface area (Å²) in [5.74, 6) is -1.59. The van der Waals surface area contributed by atoms with E-state index in [1.54, 1.807) is 0 Å². The quantitative estimate of drug-likeness (QED) is 0.212. The van der Waals surface area contributed by atoms with Crippen molar-refractivity contribution < 1.29 is 14.3 Å². The fourth-order valence-corrected chi connectivity index (χ4v) is 9.39. The average molecular weight is 486 g/mol. The van der Waals surface area contributed by atoms with Crippen LogP contribution in [0.3, 0.4) is 0 Å². The highest BCUT2D eigenvalue weighted by Crippen LogP contribution is 2.46. The van der Waals surface area contributed by atoms with Crippen LogP contribution in [0.15, 0.2) is 65.9 Å². The minimum atomic E-state index is -2.23. The number of allylic oxidation sites excluding steroid dienone is 1. The third-order valence-electron chi connectivity index (χ3n) is 7.33. The van der Waals surface area contributed by atoms with Crippen molar-refractivity contribution in [3.05, 3.63) is 82.7 Å². The Morgan fingerprint density at radius 3 is 2.14 bits per heavy atom. The monoisotopic (exact) mass is 485 g/mol. The number of ether oxygens (including phenoxy) is 1. The summed E-state index contributed by atoms with van der Waals surface area (Å²) in [7, 11) is -2.23. The number of esters is 1.